The lowest BCUT2D eigenvalue weighted by molar-refractivity contribution is -0.141. The SMILES string of the molecule is O=C1OC(=Cc2ccc3ccccc3c2)C(=O)C(c2ccc(Cl)cc2)=C1O. The smallest absolute Gasteiger partial charge is 0.379 e. The van der Waals surface area contributed by atoms with E-state index in [0.717, 1.165) is 10.8 Å². The van der Waals surface area contributed by atoms with Gasteiger partial charge in [-0.1, -0.05) is 60.1 Å². The van der Waals surface area contributed by atoms with Crippen LogP contribution in [0, 0.1) is 0 Å². The van der Waals surface area contributed by atoms with Crippen molar-refractivity contribution in [3.05, 3.63) is 94.4 Å². The van der Waals surface area contributed by atoms with Crippen molar-refractivity contribution < 1.29 is 19.4 Å². The van der Waals surface area contributed by atoms with E-state index >= 15 is 0 Å². The molecule has 0 bridgehead atoms. The molecule has 4 rings (SSSR count). The third-order valence-electron chi connectivity index (χ3n) is 4.29. The molecule has 0 aromatic heterocycles. The molecule has 0 saturated heterocycles. The number of aliphatic hydroxyl groups is 1. The van der Waals surface area contributed by atoms with E-state index in [1.165, 1.54) is 6.08 Å². The molecule has 0 unspecified atom stereocenters. The fourth-order valence-electron chi connectivity index (χ4n) is 2.96. The Morgan fingerprint density at radius 2 is 1.59 bits per heavy atom. The second-order valence-corrected chi connectivity index (χ2v) is 6.50. The Labute approximate surface area is 160 Å². The van der Waals surface area contributed by atoms with Crippen molar-refractivity contribution in [3.63, 3.8) is 0 Å². The van der Waals surface area contributed by atoms with Crippen molar-refractivity contribution in [1.82, 2.24) is 0 Å². The van der Waals surface area contributed by atoms with Crippen molar-refractivity contribution in [1.29, 1.82) is 0 Å². The molecule has 27 heavy (non-hydrogen) atoms. The maximum atomic E-state index is 12.8. The standard InChI is InChI=1S/C22H13ClO4/c23-17-9-7-15(8-10-17)19-20(24)18(27-22(26)21(19)25)12-13-5-6-14-3-1-2-4-16(14)11-13/h1-12,25H. The monoisotopic (exact) mass is 376 g/mol. The van der Waals surface area contributed by atoms with E-state index in [-0.39, 0.29) is 11.3 Å². The van der Waals surface area contributed by atoms with Crippen LogP contribution >= 0.6 is 11.6 Å². The Hall–Kier alpha value is -3.37. The third-order valence-corrected chi connectivity index (χ3v) is 4.54. The average molecular weight is 377 g/mol. The quantitative estimate of drug-likeness (QED) is 0.509. The molecule has 1 heterocycles. The zero-order valence-electron chi connectivity index (χ0n) is 14.0. The molecule has 0 aliphatic carbocycles. The second-order valence-electron chi connectivity index (χ2n) is 6.06. The molecular weight excluding hydrogens is 364 g/mol. The summed E-state index contributed by atoms with van der Waals surface area (Å²) >= 11 is 5.87. The Balaban J connectivity index is 1.77. The highest BCUT2D eigenvalue weighted by molar-refractivity contribution is 6.35. The van der Waals surface area contributed by atoms with E-state index in [0.29, 0.717) is 16.1 Å². The summed E-state index contributed by atoms with van der Waals surface area (Å²) in [7, 11) is 0. The van der Waals surface area contributed by atoms with Gasteiger partial charge in [-0.25, -0.2) is 4.79 Å². The summed E-state index contributed by atoms with van der Waals surface area (Å²) in [6.45, 7) is 0. The van der Waals surface area contributed by atoms with Crippen LogP contribution in [-0.2, 0) is 14.3 Å². The lowest BCUT2D eigenvalue weighted by Gasteiger charge is -2.17. The number of benzene rings is 3. The topological polar surface area (TPSA) is 63.6 Å². The minimum Gasteiger partial charge on any atom is -0.501 e. The number of aliphatic hydroxyl groups excluding tert-OH is 1. The van der Waals surface area contributed by atoms with E-state index < -0.39 is 17.5 Å². The number of carbonyl (C=O) groups is 2. The van der Waals surface area contributed by atoms with E-state index in [2.05, 4.69) is 0 Å². The van der Waals surface area contributed by atoms with Gasteiger partial charge in [0.05, 0.1) is 5.57 Å². The van der Waals surface area contributed by atoms with Gasteiger partial charge in [0.25, 0.3) is 0 Å². The van der Waals surface area contributed by atoms with E-state index in [4.69, 9.17) is 16.3 Å². The lowest BCUT2D eigenvalue weighted by Crippen LogP contribution is -2.23. The van der Waals surface area contributed by atoms with Crippen LogP contribution in [-0.4, -0.2) is 16.9 Å². The van der Waals surface area contributed by atoms with Crippen molar-refractivity contribution in [2.75, 3.05) is 0 Å². The van der Waals surface area contributed by atoms with E-state index in [1.807, 2.05) is 42.5 Å². The predicted molar refractivity (Wildman–Crippen MR) is 104 cm³/mol. The van der Waals surface area contributed by atoms with Crippen LogP contribution in [0.5, 0.6) is 0 Å². The molecule has 0 radical (unpaired) electrons. The van der Waals surface area contributed by atoms with E-state index in [1.54, 1.807) is 24.3 Å². The molecule has 3 aromatic carbocycles. The minimum absolute atomic E-state index is 0.102. The Bertz CT molecular complexity index is 1140. The van der Waals surface area contributed by atoms with Gasteiger partial charge >= 0.3 is 5.97 Å². The van der Waals surface area contributed by atoms with Crippen molar-refractivity contribution in [2.24, 2.45) is 0 Å². The number of allylic oxidation sites excluding steroid dienone is 1. The first-order valence-corrected chi connectivity index (χ1v) is 8.57. The zero-order chi connectivity index (χ0) is 19.0. The Morgan fingerprint density at radius 3 is 2.33 bits per heavy atom. The van der Waals surface area contributed by atoms with Crippen LogP contribution in [0.3, 0.4) is 0 Å². The number of halogens is 1. The van der Waals surface area contributed by atoms with Crippen LogP contribution < -0.4 is 0 Å². The van der Waals surface area contributed by atoms with Gasteiger partial charge in [0.15, 0.2) is 5.76 Å². The van der Waals surface area contributed by atoms with E-state index in [9.17, 15) is 14.7 Å². The molecule has 0 spiro atoms. The molecule has 0 fully saturated rings. The lowest BCUT2D eigenvalue weighted by atomic mass is 9.96. The van der Waals surface area contributed by atoms with Crippen LogP contribution in [0.25, 0.3) is 22.4 Å². The number of carbonyl (C=O) groups excluding carboxylic acids is 2. The van der Waals surface area contributed by atoms with Crippen molar-refractivity contribution >= 4 is 45.8 Å². The zero-order valence-corrected chi connectivity index (χ0v) is 14.7. The number of ketones is 1. The summed E-state index contributed by atoms with van der Waals surface area (Å²) in [6, 6.07) is 19.7. The molecule has 3 aromatic rings. The van der Waals surface area contributed by atoms with Crippen molar-refractivity contribution in [2.45, 2.75) is 0 Å². The highest BCUT2D eigenvalue weighted by atomic mass is 35.5. The van der Waals surface area contributed by atoms with Crippen molar-refractivity contribution in [3.8, 4) is 0 Å². The molecule has 1 aliphatic heterocycles. The number of cyclic esters (lactones) is 1. The average Bonchev–Trinajstić information content (AvgIpc) is 2.67. The number of hydrogen-bond acceptors (Lipinski definition) is 4. The highest BCUT2D eigenvalue weighted by Crippen LogP contribution is 2.30. The largest absolute Gasteiger partial charge is 0.501 e. The van der Waals surface area contributed by atoms with Gasteiger partial charge in [0, 0.05) is 5.02 Å². The molecule has 0 amide bonds. The summed E-state index contributed by atoms with van der Waals surface area (Å²) in [5, 5.41) is 12.6. The van der Waals surface area contributed by atoms with Gasteiger partial charge in [0.2, 0.25) is 11.5 Å². The number of esters is 1. The van der Waals surface area contributed by atoms with Gasteiger partial charge < -0.3 is 9.84 Å². The summed E-state index contributed by atoms with van der Waals surface area (Å²) in [5.41, 5.74) is 1.000. The predicted octanol–water partition coefficient (Wildman–Crippen LogP) is 4.93. The molecule has 0 saturated carbocycles. The molecule has 132 valence electrons. The number of ether oxygens (including phenoxy) is 1. The van der Waals surface area contributed by atoms with Gasteiger partial charge in [-0.05, 0) is 46.2 Å². The van der Waals surface area contributed by atoms with Crippen LogP contribution in [0.15, 0.2) is 78.2 Å². The third kappa shape index (κ3) is 3.23. The molecule has 5 heteroatoms. The van der Waals surface area contributed by atoms with Crippen LogP contribution in [0.2, 0.25) is 5.02 Å². The normalized spacial score (nSPS) is 16.1. The summed E-state index contributed by atoms with van der Waals surface area (Å²) in [4.78, 5) is 24.9. The highest BCUT2D eigenvalue weighted by Gasteiger charge is 2.33. The second kappa shape index (κ2) is 6.74. The molecule has 0 atom stereocenters. The molecule has 1 N–H and O–H groups in total. The maximum absolute atomic E-state index is 12.8. The summed E-state index contributed by atoms with van der Waals surface area (Å²) < 4.78 is 5.04. The van der Waals surface area contributed by atoms with Gasteiger partial charge in [-0.2, -0.15) is 0 Å². The molecule has 1 aliphatic rings. The first-order chi connectivity index (χ1) is 13.0. The fraction of sp³-hybridized carbons (Fsp3) is 0. The summed E-state index contributed by atoms with van der Waals surface area (Å²) in [5.74, 6) is -2.38. The maximum Gasteiger partial charge on any atom is 0.379 e. The fourth-order valence-corrected chi connectivity index (χ4v) is 3.08. The number of fused-ring (bicyclic) bond motifs is 1. The Kier molecular flexibility index (Phi) is 4.26. The first kappa shape index (κ1) is 17.1. The number of hydrogen-bond donors (Lipinski definition) is 1. The van der Waals surface area contributed by atoms with Gasteiger partial charge in [-0.15, -0.1) is 0 Å². The first-order valence-electron chi connectivity index (χ1n) is 8.19. The van der Waals surface area contributed by atoms with Crippen LogP contribution in [0.1, 0.15) is 11.1 Å². The Morgan fingerprint density at radius 1 is 0.889 bits per heavy atom. The van der Waals surface area contributed by atoms with Crippen LogP contribution in [0.4, 0.5) is 0 Å². The molecule has 4 nitrogen and oxygen atoms in total. The van der Waals surface area contributed by atoms with Gasteiger partial charge in [0.1, 0.15) is 0 Å². The van der Waals surface area contributed by atoms with Gasteiger partial charge in [-0.3, -0.25) is 4.79 Å². The minimum atomic E-state index is -0.966. The number of rotatable bonds is 2. The number of Topliss-reactive ketones (excluding diaryl/α,β-unsaturated/α-hetero) is 1. The summed E-state index contributed by atoms with van der Waals surface area (Å²) in [6.07, 6.45) is 1.50. The molecular formula is C22H13ClO4.